The molecule has 0 aliphatic carbocycles. The van der Waals surface area contributed by atoms with Gasteiger partial charge in [-0.15, -0.1) is 11.7 Å². The minimum atomic E-state index is -4.53. The van der Waals surface area contributed by atoms with Gasteiger partial charge in [-0.05, 0) is 58.7 Å². The number of aromatic nitrogens is 3. The summed E-state index contributed by atoms with van der Waals surface area (Å²) in [5, 5.41) is 12.6. The number of allylic oxidation sites excluding steroid dienone is 1. The largest absolute Gasteiger partial charge is 0.491 e. The van der Waals surface area contributed by atoms with Crippen LogP contribution in [0.2, 0.25) is 0 Å². The van der Waals surface area contributed by atoms with Gasteiger partial charge in [-0.1, -0.05) is 11.3 Å². The van der Waals surface area contributed by atoms with E-state index in [2.05, 4.69) is 54.8 Å². The Labute approximate surface area is 215 Å². The highest BCUT2D eigenvalue weighted by atomic mass is 19.4. The molecular weight excluding hydrogens is 489 g/mol. The van der Waals surface area contributed by atoms with E-state index in [-0.39, 0.29) is 23.6 Å². The number of nitrogens with zero attached hydrogens (tertiary/aromatic N) is 4. The molecule has 9 nitrogen and oxygen atoms in total. The van der Waals surface area contributed by atoms with Crippen molar-refractivity contribution >= 4 is 11.8 Å². The Bertz CT molecular complexity index is 1040. The highest BCUT2D eigenvalue weighted by Crippen LogP contribution is 2.25. The summed E-state index contributed by atoms with van der Waals surface area (Å²) in [4.78, 5) is 27.1. The number of hydrogen-bond acceptors (Lipinski definition) is 6. The first-order valence-corrected chi connectivity index (χ1v) is 12.1. The lowest BCUT2D eigenvalue weighted by atomic mass is 10.1. The zero-order valence-electron chi connectivity index (χ0n) is 21.6. The van der Waals surface area contributed by atoms with Crippen molar-refractivity contribution in [1.29, 1.82) is 0 Å². The van der Waals surface area contributed by atoms with Crippen LogP contribution in [0, 0.1) is 0 Å². The van der Waals surface area contributed by atoms with Gasteiger partial charge in [0.1, 0.15) is 18.0 Å². The van der Waals surface area contributed by atoms with Crippen LogP contribution in [-0.4, -0.2) is 76.2 Å². The molecule has 1 heterocycles. The summed E-state index contributed by atoms with van der Waals surface area (Å²) in [5.41, 5.74) is 0.457. The Hall–Kier alpha value is -3.41. The van der Waals surface area contributed by atoms with Crippen molar-refractivity contribution in [2.24, 2.45) is 0 Å². The van der Waals surface area contributed by atoms with Crippen molar-refractivity contribution in [3.05, 3.63) is 48.3 Å². The summed E-state index contributed by atoms with van der Waals surface area (Å²) in [7, 11) is 0. The van der Waals surface area contributed by atoms with Gasteiger partial charge in [0.05, 0.1) is 12.8 Å². The summed E-state index contributed by atoms with van der Waals surface area (Å²) in [6, 6.07) is 4.83. The number of carbonyl (C=O) groups excluding carboxylic acids is 2. The van der Waals surface area contributed by atoms with E-state index in [1.807, 2.05) is 5.32 Å². The molecule has 0 saturated heterocycles. The fraction of sp³-hybridized carbons (Fsp3) is 0.520. The number of benzene rings is 1. The number of alkyl halides is 3. The minimum absolute atomic E-state index is 0.00957. The predicted octanol–water partition coefficient (Wildman–Crippen LogP) is 3.75. The highest BCUT2D eigenvalue weighted by Gasteiger charge is 2.28. The SMILES string of the molecule is C=CCCCOc1cc(C(=O)NCC(F)(F)F)ccc1-n1cc(C(=O)NCCN(C(C)C)C(C)C)nn1. The van der Waals surface area contributed by atoms with Gasteiger partial charge in [0.25, 0.3) is 11.8 Å². The molecule has 0 aliphatic rings. The Kier molecular flexibility index (Phi) is 11.1. The van der Waals surface area contributed by atoms with E-state index >= 15 is 0 Å². The van der Waals surface area contributed by atoms with Crippen LogP contribution in [0.1, 0.15) is 61.4 Å². The third-order valence-corrected chi connectivity index (χ3v) is 5.44. The van der Waals surface area contributed by atoms with Crippen molar-refractivity contribution in [3.63, 3.8) is 0 Å². The third kappa shape index (κ3) is 9.52. The first-order valence-electron chi connectivity index (χ1n) is 12.1. The molecule has 0 unspecified atom stereocenters. The monoisotopic (exact) mass is 524 g/mol. The fourth-order valence-corrected chi connectivity index (χ4v) is 3.64. The number of carbonyl (C=O) groups is 2. The van der Waals surface area contributed by atoms with Crippen molar-refractivity contribution in [3.8, 4) is 11.4 Å². The molecule has 0 aliphatic heterocycles. The van der Waals surface area contributed by atoms with Gasteiger partial charge in [0.15, 0.2) is 5.69 Å². The van der Waals surface area contributed by atoms with E-state index in [4.69, 9.17) is 4.74 Å². The molecule has 0 atom stereocenters. The smallest absolute Gasteiger partial charge is 0.405 e. The number of hydrogen-bond donors (Lipinski definition) is 2. The molecule has 204 valence electrons. The van der Waals surface area contributed by atoms with E-state index < -0.39 is 24.5 Å². The third-order valence-electron chi connectivity index (χ3n) is 5.44. The van der Waals surface area contributed by atoms with Gasteiger partial charge < -0.3 is 15.4 Å². The molecule has 1 aromatic carbocycles. The molecule has 0 saturated carbocycles. The Morgan fingerprint density at radius 2 is 1.86 bits per heavy atom. The zero-order valence-corrected chi connectivity index (χ0v) is 21.6. The van der Waals surface area contributed by atoms with Gasteiger partial charge >= 0.3 is 6.18 Å². The summed E-state index contributed by atoms with van der Waals surface area (Å²) in [6.45, 7) is 12.0. The highest BCUT2D eigenvalue weighted by molar-refractivity contribution is 5.95. The maximum atomic E-state index is 12.6. The van der Waals surface area contributed by atoms with E-state index in [9.17, 15) is 22.8 Å². The molecule has 0 fully saturated rings. The molecular formula is C25H35F3N6O3. The number of amides is 2. The van der Waals surface area contributed by atoms with Crippen LogP contribution < -0.4 is 15.4 Å². The minimum Gasteiger partial charge on any atom is -0.491 e. The van der Waals surface area contributed by atoms with E-state index in [1.54, 1.807) is 6.08 Å². The van der Waals surface area contributed by atoms with Crippen LogP contribution in [0.3, 0.4) is 0 Å². The van der Waals surface area contributed by atoms with E-state index in [0.29, 0.717) is 43.7 Å². The van der Waals surface area contributed by atoms with Crippen LogP contribution >= 0.6 is 0 Å². The molecule has 0 radical (unpaired) electrons. The normalized spacial score (nSPS) is 11.7. The molecule has 0 bridgehead atoms. The van der Waals surface area contributed by atoms with E-state index in [0.717, 1.165) is 0 Å². The van der Waals surface area contributed by atoms with Crippen molar-refractivity contribution < 1.29 is 27.5 Å². The summed E-state index contributed by atoms with van der Waals surface area (Å²) < 4.78 is 44.6. The van der Waals surface area contributed by atoms with Crippen molar-refractivity contribution in [1.82, 2.24) is 30.5 Å². The second-order valence-corrected chi connectivity index (χ2v) is 8.99. The molecule has 2 amide bonds. The maximum Gasteiger partial charge on any atom is 0.405 e. The van der Waals surface area contributed by atoms with E-state index in [1.165, 1.54) is 29.1 Å². The Balaban J connectivity index is 2.17. The van der Waals surface area contributed by atoms with Crippen LogP contribution in [-0.2, 0) is 0 Å². The second kappa shape index (κ2) is 13.8. The average Bonchev–Trinajstić information content (AvgIpc) is 3.32. The number of nitrogens with one attached hydrogen (secondary N) is 2. The lowest BCUT2D eigenvalue weighted by molar-refractivity contribution is -0.123. The van der Waals surface area contributed by atoms with Crippen molar-refractivity contribution in [2.75, 3.05) is 26.2 Å². The zero-order chi connectivity index (χ0) is 27.6. The van der Waals surface area contributed by atoms with Crippen LogP contribution in [0.4, 0.5) is 13.2 Å². The van der Waals surface area contributed by atoms with Crippen LogP contribution in [0.5, 0.6) is 5.75 Å². The molecule has 2 rings (SSSR count). The van der Waals surface area contributed by atoms with Crippen LogP contribution in [0.15, 0.2) is 37.1 Å². The summed E-state index contributed by atoms with van der Waals surface area (Å²) >= 11 is 0. The van der Waals surface area contributed by atoms with Gasteiger partial charge in [0.2, 0.25) is 0 Å². The summed E-state index contributed by atoms with van der Waals surface area (Å²) in [6.07, 6.45) is -0.0380. The number of ether oxygens (including phenoxy) is 1. The fourth-order valence-electron chi connectivity index (χ4n) is 3.64. The Morgan fingerprint density at radius 1 is 1.16 bits per heavy atom. The van der Waals surface area contributed by atoms with Gasteiger partial charge in [-0.25, -0.2) is 4.68 Å². The maximum absolute atomic E-state index is 12.6. The van der Waals surface area contributed by atoms with Gasteiger partial charge in [0, 0.05) is 30.7 Å². The number of halogens is 3. The first kappa shape index (κ1) is 29.8. The topological polar surface area (TPSA) is 101 Å². The first-order chi connectivity index (χ1) is 17.4. The molecule has 37 heavy (non-hydrogen) atoms. The molecule has 1 aromatic heterocycles. The standard InChI is InChI=1S/C25H35F3N6O3/c1-6-7-8-13-37-22-14-19(23(35)30-16-25(26,27)28)9-10-21(22)34-15-20(31-32-34)24(36)29-11-12-33(17(2)3)18(4)5/h6,9-10,14-15,17-18H,1,7-8,11-13,16H2,2-5H3,(H,29,36)(H,30,35). The molecule has 0 spiro atoms. The van der Waals surface area contributed by atoms with Gasteiger partial charge in [-0.3, -0.25) is 14.5 Å². The summed E-state index contributed by atoms with van der Waals surface area (Å²) in [5.74, 6) is -1.07. The van der Waals surface area contributed by atoms with Crippen LogP contribution in [0.25, 0.3) is 5.69 Å². The quantitative estimate of drug-likeness (QED) is 0.288. The molecule has 12 heteroatoms. The Morgan fingerprint density at radius 3 is 2.49 bits per heavy atom. The van der Waals surface area contributed by atoms with Crippen molar-refractivity contribution in [2.45, 2.75) is 58.8 Å². The van der Waals surface area contributed by atoms with Gasteiger partial charge in [-0.2, -0.15) is 13.2 Å². The number of rotatable bonds is 14. The molecule has 2 aromatic rings. The average molecular weight is 525 g/mol. The number of unbranched alkanes of at least 4 members (excludes halogenated alkanes) is 1. The lowest BCUT2D eigenvalue weighted by Gasteiger charge is -2.30. The predicted molar refractivity (Wildman–Crippen MR) is 134 cm³/mol. The second-order valence-electron chi connectivity index (χ2n) is 8.99. The lowest BCUT2D eigenvalue weighted by Crippen LogP contribution is -2.42. The molecule has 2 N–H and O–H groups in total.